The summed E-state index contributed by atoms with van der Waals surface area (Å²) in [6.45, 7) is 3.03. The molecule has 1 aromatic heterocycles. The maximum Gasteiger partial charge on any atom is 0.124 e. The van der Waals surface area contributed by atoms with E-state index in [1.54, 1.807) is 0 Å². The van der Waals surface area contributed by atoms with E-state index in [2.05, 4.69) is 41.3 Å². The third kappa shape index (κ3) is 2.89. The van der Waals surface area contributed by atoms with Crippen LogP contribution in [-0.2, 0) is 4.74 Å². The van der Waals surface area contributed by atoms with E-state index >= 15 is 0 Å². The summed E-state index contributed by atoms with van der Waals surface area (Å²) >= 11 is 1.83. The maximum absolute atomic E-state index is 5.67. The summed E-state index contributed by atoms with van der Waals surface area (Å²) in [5.41, 5.74) is 0. The minimum absolute atomic E-state index is 0.212. The number of hydrogen-bond donors (Lipinski definition) is 1. The normalized spacial score (nSPS) is 21.7. The Morgan fingerprint density at radius 1 is 1.47 bits per heavy atom. The van der Waals surface area contributed by atoms with Gasteiger partial charge in [0.15, 0.2) is 0 Å². The van der Waals surface area contributed by atoms with E-state index in [-0.39, 0.29) is 10.9 Å². The van der Waals surface area contributed by atoms with Gasteiger partial charge in [0.1, 0.15) is 5.76 Å². The summed E-state index contributed by atoms with van der Waals surface area (Å²) in [5.74, 6) is 1.06. The zero-order chi connectivity index (χ0) is 10.5. The lowest BCUT2D eigenvalue weighted by atomic mass is 10.4. The van der Waals surface area contributed by atoms with E-state index in [9.17, 15) is 0 Å². The lowest BCUT2D eigenvalue weighted by Crippen LogP contribution is -1.90. The molecule has 0 saturated heterocycles. The molecule has 1 unspecified atom stereocenters. The molecule has 1 atom stereocenters. The molecular weight excluding hydrogens is 224 g/mol. The van der Waals surface area contributed by atoms with E-state index < -0.39 is 0 Å². The molecule has 1 aliphatic heterocycles. The van der Waals surface area contributed by atoms with Crippen LogP contribution < -0.4 is 0 Å². The van der Waals surface area contributed by atoms with E-state index in [1.165, 1.54) is 10.6 Å². The molecule has 0 radical (unpaired) electrons. The molecule has 0 aliphatic carbocycles. The topological polar surface area (TPSA) is 9.23 Å². The maximum atomic E-state index is 5.67. The molecule has 0 N–H and O–H groups in total. The fourth-order valence-electron chi connectivity index (χ4n) is 1.35. The van der Waals surface area contributed by atoms with Crippen molar-refractivity contribution >= 4 is 22.2 Å². The quantitative estimate of drug-likeness (QED) is 0.596. The van der Waals surface area contributed by atoms with Gasteiger partial charge in [0.25, 0.3) is 0 Å². The van der Waals surface area contributed by atoms with Crippen molar-refractivity contribution in [2.24, 2.45) is 0 Å². The SMILES string of the molecule is CCCCOC1=C[SH](c2cccs2)C=C1. The molecule has 1 nitrogen and oxygen atoms in total. The van der Waals surface area contributed by atoms with Crippen molar-refractivity contribution in [2.75, 3.05) is 6.61 Å². The summed E-state index contributed by atoms with van der Waals surface area (Å²) < 4.78 is 7.12. The van der Waals surface area contributed by atoms with Crippen LogP contribution in [0.25, 0.3) is 0 Å². The number of thiophene rings is 1. The number of hydrogen-bond acceptors (Lipinski definition) is 2. The molecule has 2 rings (SSSR count). The Hall–Kier alpha value is -0.670. The number of allylic oxidation sites excluding steroid dienone is 1. The largest absolute Gasteiger partial charge is 0.493 e. The average molecular weight is 240 g/mol. The number of thiol groups is 1. The fourth-order valence-corrected chi connectivity index (χ4v) is 4.18. The summed E-state index contributed by atoms with van der Waals surface area (Å²) in [7, 11) is -0.212. The molecule has 15 heavy (non-hydrogen) atoms. The van der Waals surface area contributed by atoms with Crippen LogP contribution in [-0.4, -0.2) is 6.61 Å². The van der Waals surface area contributed by atoms with Crippen molar-refractivity contribution in [1.82, 2.24) is 0 Å². The lowest BCUT2D eigenvalue weighted by molar-refractivity contribution is 0.221. The summed E-state index contributed by atoms with van der Waals surface area (Å²) in [5, 5.41) is 6.66. The van der Waals surface area contributed by atoms with Gasteiger partial charge in [0.2, 0.25) is 0 Å². The predicted octanol–water partition coefficient (Wildman–Crippen LogP) is 4.29. The van der Waals surface area contributed by atoms with Gasteiger partial charge in [-0.1, -0.05) is 19.4 Å². The number of unbranched alkanes of at least 4 members (excludes halogenated alkanes) is 1. The van der Waals surface area contributed by atoms with Gasteiger partial charge >= 0.3 is 0 Å². The number of rotatable bonds is 5. The van der Waals surface area contributed by atoms with Gasteiger partial charge in [-0.3, -0.25) is 0 Å². The molecule has 0 aromatic carbocycles. The van der Waals surface area contributed by atoms with Crippen molar-refractivity contribution in [1.29, 1.82) is 0 Å². The molecule has 2 heterocycles. The smallest absolute Gasteiger partial charge is 0.124 e. The third-order valence-electron chi connectivity index (χ3n) is 2.19. The highest BCUT2D eigenvalue weighted by molar-refractivity contribution is 8.23. The molecule has 0 amide bonds. The van der Waals surface area contributed by atoms with E-state index in [0.717, 1.165) is 18.8 Å². The van der Waals surface area contributed by atoms with Crippen LogP contribution in [0.5, 0.6) is 0 Å². The van der Waals surface area contributed by atoms with Crippen LogP contribution in [0.1, 0.15) is 19.8 Å². The lowest BCUT2D eigenvalue weighted by Gasteiger charge is -2.06. The second-order valence-electron chi connectivity index (χ2n) is 3.41. The van der Waals surface area contributed by atoms with E-state index in [0.29, 0.717) is 0 Å². The van der Waals surface area contributed by atoms with Gasteiger partial charge in [-0.05, 0) is 29.4 Å². The Morgan fingerprint density at radius 2 is 2.40 bits per heavy atom. The van der Waals surface area contributed by atoms with Gasteiger partial charge in [-0.25, -0.2) is 0 Å². The first-order valence-corrected chi connectivity index (χ1v) is 7.61. The van der Waals surface area contributed by atoms with Crippen LogP contribution in [0.4, 0.5) is 0 Å². The Morgan fingerprint density at radius 3 is 3.13 bits per heavy atom. The molecule has 0 bridgehead atoms. The van der Waals surface area contributed by atoms with Crippen molar-refractivity contribution in [3.63, 3.8) is 0 Å². The summed E-state index contributed by atoms with van der Waals surface area (Å²) in [4.78, 5) is 0. The zero-order valence-corrected chi connectivity index (χ0v) is 10.6. The second kappa shape index (κ2) is 5.42. The van der Waals surface area contributed by atoms with Crippen LogP contribution in [0.15, 0.2) is 44.4 Å². The second-order valence-corrected chi connectivity index (χ2v) is 6.51. The highest BCUT2D eigenvalue weighted by Gasteiger charge is 2.09. The predicted molar refractivity (Wildman–Crippen MR) is 69.7 cm³/mol. The molecular formula is C12H16OS2. The Labute approximate surface area is 97.8 Å². The molecule has 1 aromatic rings. The fraction of sp³-hybridized carbons (Fsp3) is 0.333. The standard InChI is InChI=1S/C12H16OS2/c1-2-3-7-13-11-6-9-15(10-11)12-5-4-8-14-12/h4-6,8-10,15H,2-3,7H2,1H3. The van der Waals surface area contributed by atoms with E-state index in [4.69, 9.17) is 4.74 Å². The minimum Gasteiger partial charge on any atom is -0.493 e. The monoisotopic (exact) mass is 240 g/mol. The van der Waals surface area contributed by atoms with Crippen LogP contribution >= 0.6 is 22.2 Å². The van der Waals surface area contributed by atoms with Gasteiger partial charge < -0.3 is 4.74 Å². The van der Waals surface area contributed by atoms with Gasteiger partial charge in [0.05, 0.1) is 6.61 Å². The van der Waals surface area contributed by atoms with Crippen molar-refractivity contribution in [2.45, 2.75) is 24.0 Å². The van der Waals surface area contributed by atoms with E-state index in [1.807, 2.05) is 11.3 Å². The molecule has 3 heteroatoms. The van der Waals surface area contributed by atoms with Gasteiger partial charge in [-0.2, -0.15) is 10.9 Å². The minimum atomic E-state index is -0.212. The van der Waals surface area contributed by atoms with Gasteiger partial charge in [-0.15, -0.1) is 11.3 Å². The first-order chi connectivity index (χ1) is 7.40. The highest BCUT2D eigenvalue weighted by atomic mass is 32.2. The zero-order valence-electron chi connectivity index (χ0n) is 8.85. The van der Waals surface area contributed by atoms with Gasteiger partial charge in [0, 0.05) is 9.62 Å². The van der Waals surface area contributed by atoms with Crippen molar-refractivity contribution < 1.29 is 4.74 Å². The van der Waals surface area contributed by atoms with Crippen molar-refractivity contribution in [3.05, 3.63) is 40.2 Å². The third-order valence-corrected chi connectivity index (χ3v) is 5.47. The number of ether oxygens (including phenoxy) is 1. The molecule has 0 fully saturated rings. The van der Waals surface area contributed by atoms with Crippen LogP contribution in [0, 0.1) is 0 Å². The van der Waals surface area contributed by atoms with Crippen LogP contribution in [0.2, 0.25) is 0 Å². The first-order valence-electron chi connectivity index (χ1n) is 5.25. The summed E-state index contributed by atoms with van der Waals surface area (Å²) in [6, 6.07) is 4.31. The molecule has 82 valence electrons. The van der Waals surface area contributed by atoms with Crippen molar-refractivity contribution in [3.8, 4) is 0 Å². The Balaban J connectivity index is 1.90. The summed E-state index contributed by atoms with van der Waals surface area (Å²) in [6.07, 6.45) is 4.44. The molecule has 0 saturated carbocycles. The Bertz CT molecular complexity index is 352. The Kier molecular flexibility index (Phi) is 3.92. The highest BCUT2D eigenvalue weighted by Crippen LogP contribution is 2.46. The van der Waals surface area contributed by atoms with Crippen LogP contribution in [0.3, 0.4) is 0 Å². The molecule has 0 spiro atoms. The first kappa shape index (κ1) is 10.8. The molecule has 1 aliphatic rings. The average Bonchev–Trinajstić information content (AvgIpc) is 2.87.